The van der Waals surface area contributed by atoms with Crippen LogP contribution in [0, 0.1) is 6.92 Å². The molecular weight excluding hydrogens is 248 g/mol. The number of benzene rings is 1. The number of hydrogen-bond donors (Lipinski definition) is 2. The lowest BCUT2D eigenvalue weighted by Gasteiger charge is -2.05. The van der Waals surface area contributed by atoms with Gasteiger partial charge < -0.3 is 11.1 Å². The van der Waals surface area contributed by atoms with Crippen LogP contribution in [-0.4, -0.2) is 10.3 Å². The summed E-state index contributed by atoms with van der Waals surface area (Å²) in [5, 5.41) is 11.0. The van der Waals surface area contributed by atoms with Crippen LogP contribution in [0.1, 0.15) is 9.75 Å². The number of nitrogen functional groups attached to an aromatic ring is 1. The Labute approximate surface area is 108 Å². The summed E-state index contributed by atoms with van der Waals surface area (Å²) >= 11 is 1.77. The second kappa shape index (κ2) is 4.30. The molecule has 0 bridgehead atoms. The molecule has 0 spiro atoms. The third-order valence-corrected chi connectivity index (χ3v) is 3.70. The highest BCUT2D eigenvalue weighted by molar-refractivity contribution is 7.11. The largest absolute Gasteiger partial charge is 0.397 e. The normalized spacial score (nSPS) is 10.9. The molecule has 0 radical (unpaired) electrons. The van der Waals surface area contributed by atoms with E-state index < -0.39 is 0 Å². The van der Waals surface area contributed by atoms with Crippen LogP contribution < -0.4 is 11.1 Å². The van der Waals surface area contributed by atoms with Gasteiger partial charge >= 0.3 is 0 Å². The van der Waals surface area contributed by atoms with Crippen LogP contribution in [0.3, 0.4) is 0 Å². The fourth-order valence-electron chi connectivity index (χ4n) is 1.79. The van der Waals surface area contributed by atoms with Crippen molar-refractivity contribution in [1.82, 2.24) is 10.3 Å². The third kappa shape index (κ3) is 1.91. The predicted molar refractivity (Wildman–Crippen MR) is 72.6 cm³/mol. The van der Waals surface area contributed by atoms with Gasteiger partial charge in [0.2, 0.25) is 0 Å². The zero-order chi connectivity index (χ0) is 12.5. The predicted octanol–water partition coefficient (Wildman–Crippen LogP) is 2.79. The first-order valence-corrected chi connectivity index (χ1v) is 6.35. The maximum absolute atomic E-state index is 5.79. The Morgan fingerprint density at radius 3 is 2.83 bits per heavy atom. The molecule has 0 saturated heterocycles. The van der Waals surface area contributed by atoms with Crippen molar-refractivity contribution in [3.05, 3.63) is 34.0 Å². The SMILES string of the molecule is Cc1ccc(CNc2ccc(N)c3nonc23)s1. The molecule has 3 rings (SSSR count). The smallest absolute Gasteiger partial charge is 0.160 e. The summed E-state index contributed by atoms with van der Waals surface area (Å²) in [7, 11) is 0. The summed E-state index contributed by atoms with van der Waals surface area (Å²) in [6.07, 6.45) is 0. The second-order valence-electron chi connectivity index (χ2n) is 4.03. The van der Waals surface area contributed by atoms with Gasteiger partial charge in [-0.05, 0) is 41.5 Å². The summed E-state index contributed by atoms with van der Waals surface area (Å²) < 4.78 is 4.73. The van der Waals surface area contributed by atoms with Gasteiger partial charge in [0.1, 0.15) is 0 Å². The molecule has 0 fully saturated rings. The second-order valence-corrected chi connectivity index (χ2v) is 5.40. The number of aryl methyl sites for hydroxylation is 1. The van der Waals surface area contributed by atoms with Crippen LogP contribution in [0.4, 0.5) is 11.4 Å². The van der Waals surface area contributed by atoms with Crippen LogP contribution >= 0.6 is 11.3 Å². The molecule has 0 aliphatic rings. The monoisotopic (exact) mass is 260 g/mol. The number of anilines is 2. The van der Waals surface area contributed by atoms with Crippen LogP contribution in [0.5, 0.6) is 0 Å². The van der Waals surface area contributed by atoms with Gasteiger partial charge in [-0.2, -0.15) is 0 Å². The Morgan fingerprint density at radius 2 is 2.06 bits per heavy atom. The van der Waals surface area contributed by atoms with E-state index in [2.05, 4.69) is 34.7 Å². The zero-order valence-electron chi connectivity index (χ0n) is 9.80. The third-order valence-electron chi connectivity index (χ3n) is 2.70. The van der Waals surface area contributed by atoms with Crippen molar-refractivity contribution in [2.45, 2.75) is 13.5 Å². The number of rotatable bonds is 3. The quantitative estimate of drug-likeness (QED) is 0.708. The molecule has 18 heavy (non-hydrogen) atoms. The number of nitrogens with zero attached hydrogens (tertiary/aromatic N) is 2. The topological polar surface area (TPSA) is 77.0 Å². The minimum absolute atomic E-state index is 0.573. The molecular formula is C12H12N4OS. The van der Waals surface area contributed by atoms with E-state index in [1.165, 1.54) is 9.75 Å². The Morgan fingerprint density at radius 1 is 1.22 bits per heavy atom. The van der Waals surface area contributed by atoms with Gasteiger partial charge in [0.05, 0.1) is 11.4 Å². The van der Waals surface area contributed by atoms with Crippen LogP contribution in [-0.2, 0) is 6.54 Å². The van der Waals surface area contributed by atoms with Crippen molar-refractivity contribution in [2.75, 3.05) is 11.1 Å². The molecule has 0 aliphatic carbocycles. The van der Waals surface area contributed by atoms with E-state index in [0.29, 0.717) is 16.7 Å². The molecule has 1 aromatic carbocycles. The van der Waals surface area contributed by atoms with E-state index in [-0.39, 0.29) is 0 Å². The van der Waals surface area contributed by atoms with E-state index in [0.717, 1.165) is 12.2 Å². The standard InChI is InChI=1S/C12H12N4OS/c1-7-2-3-8(18-7)6-14-10-5-4-9(13)11-12(10)16-17-15-11/h2-5,14H,6,13H2,1H3. The Bertz CT molecular complexity index is 688. The minimum atomic E-state index is 0.573. The van der Waals surface area contributed by atoms with Crippen molar-refractivity contribution < 1.29 is 4.63 Å². The van der Waals surface area contributed by atoms with E-state index in [1.54, 1.807) is 17.4 Å². The molecule has 0 saturated carbocycles. The van der Waals surface area contributed by atoms with Crippen molar-refractivity contribution >= 4 is 33.7 Å². The van der Waals surface area contributed by atoms with Gasteiger partial charge in [-0.3, -0.25) is 0 Å². The summed E-state index contributed by atoms with van der Waals surface area (Å²) in [5.41, 5.74) is 8.51. The molecule has 0 atom stereocenters. The van der Waals surface area contributed by atoms with Crippen LogP contribution in [0.2, 0.25) is 0 Å². The molecule has 6 heteroatoms. The Balaban J connectivity index is 1.86. The number of nitrogens with two attached hydrogens (primary N) is 1. The fraction of sp³-hybridized carbons (Fsp3) is 0.167. The first-order valence-electron chi connectivity index (χ1n) is 5.54. The van der Waals surface area contributed by atoms with Crippen LogP contribution in [0.15, 0.2) is 28.9 Å². The molecule has 92 valence electrons. The first kappa shape index (κ1) is 11.0. The summed E-state index contributed by atoms with van der Waals surface area (Å²) in [5.74, 6) is 0. The number of hydrogen-bond acceptors (Lipinski definition) is 6. The maximum atomic E-state index is 5.79. The zero-order valence-corrected chi connectivity index (χ0v) is 10.6. The van der Waals surface area contributed by atoms with E-state index in [1.807, 2.05) is 6.07 Å². The van der Waals surface area contributed by atoms with Crippen molar-refractivity contribution in [3.8, 4) is 0 Å². The van der Waals surface area contributed by atoms with E-state index >= 15 is 0 Å². The van der Waals surface area contributed by atoms with Gasteiger partial charge in [-0.15, -0.1) is 11.3 Å². The molecule has 0 aliphatic heterocycles. The highest BCUT2D eigenvalue weighted by atomic mass is 32.1. The highest BCUT2D eigenvalue weighted by Crippen LogP contribution is 2.26. The van der Waals surface area contributed by atoms with Gasteiger partial charge in [-0.1, -0.05) is 0 Å². The van der Waals surface area contributed by atoms with E-state index in [9.17, 15) is 0 Å². The number of nitrogens with one attached hydrogen (secondary N) is 1. The average molecular weight is 260 g/mol. The number of fused-ring (bicyclic) bond motifs is 1. The van der Waals surface area contributed by atoms with Gasteiger partial charge in [0, 0.05) is 16.3 Å². The van der Waals surface area contributed by atoms with Gasteiger partial charge in [0.15, 0.2) is 11.0 Å². The lowest BCUT2D eigenvalue weighted by molar-refractivity contribution is 0.316. The van der Waals surface area contributed by atoms with Crippen LogP contribution in [0.25, 0.3) is 11.0 Å². The maximum Gasteiger partial charge on any atom is 0.160 e. The summed E-state index contributed by atoms with van der Waals surface area (Å²) in [4.78, 5) is 2.58. The fourth-order valence-corrected chi connectivity index (χ4v) is 2.62. The highest BCUT2D eigenvalue weighted by Gasteiger charge is 2.09. The van der Waals surface area contributed by atoms with E-state index in [4.69, 9.17) is 10.4 Å². The number of thiophene rings is 1. The molecule has 2 heterocycles. The van der Waals surface area contributed by atoms with Crippen molar-refractivity contribution in [1.29, 1.82) is 0 Å². The lowest BCUT2D eigenvalue weighted by Crippen LogP contribution is -1.99. The molecule has 2 aromatic heterocycles. The molecule has 5 nitrogen and oxygen atoms in total. The molecule has 0 amide bonds. The van der Waals surface area contributed by atoms with Crippen molar-refractivity contribution in [2.24, 2.45) is 0 Å². The molecule has 3 N–H and O–H groups in total. The van der Waals surface area contributed by atoms with Gasteiger partial charge in [0.25, 0.3) is 0 Å². The minimum Gasteiger partial charge on any atom is -0.397 e. The van der Waals surface area contributed by atoms with Gasteiger partial charge in [-0.25, -0.2) is 4.63 Å². The Hall–Kier alpha value is -2.08. The average Bonchev–Trinajstić information content (AvgIpc) is 2.98. The number of aromatic nitrogens is 2. The molecule has 3 aromatic rings. The first-order chi connectivity index (χ1) is 8.74. The Kier molecular flexibility index (Phi) is 2.64. The lowest BCUT2D eigenvalue weighted by atomic mass is 10.2. The molecule has 0 unspecified atom stereocenters. The van der Waals surface area contributed by atoms with Crippen molar-refractivity contribution in [3.63, 3.8) is 0 Å². The summed E-state index contributed by atoms with van der Waals surface area (Å²) in [6, 6.07) is 7.91. The summed E-state index contributed by atoms with van der Waals surface area (Å²) in [6.45, 7) is 2.85.